The van der Waals surface area contributed by atoms with Crippen molar-refractivity contribution >= 4 is 46.7 Å². The van der Waals surface area contributed by atoms with Gasteiger partial charge in [-0.15, -0.1) is 0 Å². The average Bonchev–Trinajstić information content (AvgIpc) is 2.83. The predicted molar refractivity (Wildman–Crippen MR) is 70.9 cm³/mol. The Morgan fingerprint density at radius 3 is 3.25 bits per heavy atom. The number of hydrogen-bond donors (Lipinski definition) is 1. The average molecular weight is 272 g/mol. The Balaban J connectivity index is 2.23. The maximum absolute atomic E-state index is 5.91. The van der Waals surface area contributed by atoms with Gasteiger partial charge in [0.2, 0.25) is 0 Å². The zero-order valence-corrected chi connectivity index (χ0v) is 10.8. The fraction of sp³-hybridized carbons (Fsp3) is 0.400. The SMILES string of the molecule is S=c1[nH]c2cc(Cl)cnc2n1C1CCSC1. The first-order valence-electron chi connectivity index (χ1n) is 5.09. The van der Waals surface area contributed by atoms with Gasteiger partial charge in [0.1, 0.15) is 0 Å². The second-order valence-electron chi connectivity index (χ2n) is 3.84. The molecule has 3 heterocycles. The molecule has 1 N–H and O–H groups in total. The summed E-state index contributed by atoms with van der Waals surface area (Å²) in [6.07, 6.45) is 2.83. The number of pyridine rings is 1. The van der Waals surface area contributed by atoms with Gasteiger partial charge in [0.05, 0.1) is 10.5 Å². The van der Waals surface area contributed by atoms with E-state index < -0.39 is 0 Å². The number of thioether (sulfide) groups is 1. The van der Waals surface area contributed by atoms with E-state index in [9.17, 15) is 0 Å². The number of halogens is 1. The molecule has 1 saturated heterocycles. The van der Waals surface area contributed by atoms with Crippen LogP contribution in [0.15, 0.2) is 12.3 Å². The molecule has 0 amide bonds. The molecular formula is C10H10ClN3S2. The van der Waals surface area contributed by atoms with Gasteiger partial charge in [0.25, 0.3) is 0 Å². The summed E-state index contributed by atoms with van der Waals surface area (Å²) >= 11 is 13.2. The zero-order chi connectivity index (χ0) is 11.1. The quantitative estimate of drug-likeness (QED) is 0.807. The maximum atomic E-state index is 5.91. The minimum Gasteiger partial charge on any atom is -0.329 e. The van der Waals surface area contributed by atoms with Gasteiger partial charge in [0.15, 0.2) is 10.4 Å². The van der Waals surface area contributed by atoms with Crippen molar-refractivity contribution in [3.8, 4) is 0 Å². The molecule has 16 heavy (non-hydrogen) atoms. The molecule has 0 bridgehead atoms. The molecule has 1 aliphatic heterocycles. The van der Waals surface area contributed by atoms with Crippen LogP contribution in [-0.2, 0) is 0 Å². The fourth-order valence-corrected chi connectivity index (χ4v) is 3.75. The molecule has 0 aromatic carbocycles. The van der Waals surface area contributed by atoms with Crippen molar-refractivity contribution in [3.05, 3.63) is 22.1 Å². The lowest BCUT2D eigenvalue weighted by molar-refractivity contribution is 0.565. The second-order valence-corrected chi connectivity index (χ2v) is 5.82. The highest BCUT2D eigenvalue weighted by molar-refractivity contribution is 7.99. The molecular weight excluding hydrogens is 262 g/mol. The van der Waals surface area contributed by atoms with E-state index in [0.717, 1.165) is 28.1 Å². The summed E-state index contributed by atoms with van der Waals surface area (Å²) in [7, 11) is 0. The molecule has 1 atom stereocenters. The van der Waals surface area contributed by atoms with Gasteiger partial charge in [-0.3, -0.25) is 4.57 Å². The van der Waals surface area contributed by atoms with E-state index in [-0.39, 0.29) is 0 Å². The zero-order valence-electron chi connectivity index (χ0n) is 8.44. The van der Waals surface area contributed by atoms with Gasteiger partial charge >= 0.3 is 0 Å². The Hall–Kier alpha value is -0.520. The molecule has 0 spiro atoms. The Labute approximate surface area is 107 Å². The first kappa shape index (κ1) is 10.6. The number of imidazole rings is 1. The van der Waals surface area contributed by atoms with E-state index >= 15 is 0 Å². The van der Waals surface area contributed by atoms with Gasteiger partial charge in [-0.1, -0.05) is 11.6 Å². The van der Waals surface area contributed by atoms with Gasteiger partial charge in [-0.2, -0.15) is 11.8 Å². The third-order valence-electron chi connectivity index (χ3n) is 2.79. The molecule has 0 saturated carbocycles. The molecule has 1 fully saturated rings. The number of nitrogens with one attached hydrogen (secondary N) is 1. The topological polar surface area (TPSA) is 33.6 Å². The molecule has 2 aromatic heterocycles. The summed E-state index contributed by atoms with van der Waals surface area (Å²) in [6, 6.07) is 2.35. The van der Waals surface area contributed by atoms with Crippen LogP contribution >= 0.6 is 35.6 Å². The van der Waals surface area contributed by atoms with Gasteiger partial charge in [-0.05, 0) is 30.5 Å². The normalized spacial score (nSPS) is 20.7. The summed E-state index contributed by atoms with van der Waals surface area (Å²) in [6.45, 7) is 0. The third kappa shape index (κ3) is 1.67. The molecule has 0 radical (unpaired) electrons. The van der Waals surface area contributed by atoms with Crippen molar-refractivity contribution in [3.63, 3.8) is 0 Å². The van der Waals surface area contributed by atoms with E-state index in [0.29, 0.717) is 11.1 Å². The molecule has 0 aliphatic carbocycles. The van der Waals surface area contributed by atoms with Gasteiger partial charge in [0, 0.05) is 18.0 Å². The largest absolute Gasteiger partial charge is 0.329 e. The smallest absolute Gasteiger partial charge is 0.179 e. The van der Waals surface area contributed by atoms with Crippen molar-refractivity contribution in [2.24, 2.45) is 0 Å². The standard InChI is InChI=1S/C10H10ClN3S2/c11-6-3-8-9(12-4-6)14(10(15)13-8)7-1-2-16-5-7/h3-4,7H,1-2,5H2,(H,13,15). The minimum absolute atomic E-state index is 0.472. The van der Waals surface area contributed by atoms with Crippen molar-refractivity contribution in [2.45, 2.75) is 12.5 Å². The van der Waals surface area contributed by atoms with Crippen LogP contribution < -0.4 is 0 Å². The number of nitrogens with zero attached hydrogens (tertiary/aromatic N) is 2. The Bertz CT molecular complexity index is 583. The van der Waals surface area contributed by atoms with Crippen molar-refractivity contribution in [1.29, 1.82) is 0 Å². The van der Waals surface area contributed by atoms with Crippen LogP contribution in [0, 0.1) is 4.77 Å². The van der Waals surface area contributed by atoms with E-state index in [1.165, 1.54) is 5.75 Å². The molecule has 6 heteroatoms. The van der Waals surface area contributed by atoms with Crippen LogP contribution in [0.4, 0.5) is 0 Å². The van der Waals surface area contributed by atoms with Crippen LogP contribution in [0.3, 0.4) is 0 Å². The van der Waals surface area contributed by atoms with E-state index in [1.807, 2.05) is 17.8 Å². The predicted octanol–water partition coefficient (Wildman–Crippen LogP) is 3.43. The van der Waals surface area contributed by atoms with Crippen molar-refractivity contribution in [1.82, 2.24) is 14.5 Å². The number of fused-ring (bicyclic) bond motifs is 1. The third-order valence-corrected chi connectivity index (χ3v) is 4.44. The van der Waals surface area contributed by atoms with Crippen molar-refractivity contribution < 1.29 is 0 Å². The Morgan fingerprint density at radius 1 is 1.62 bits per heavy atom. The summed E-state index contributed by atoms with van der Waals surface area (Å²) in [5.74, 6) is 2.32. The molecule has 3 nitrogen and oxygen atoms in total. The summed E-state index contributed by atoms with van der Waals surface area (Å²) in [4.78, 5) is 7.54. The van der Waals surface area contributed by atoms with Crippen LogP contribution in [0.2, 0.25) is 5.02 Å². The molecule has 1 unspecified atom stereocenters. The van der Waals surface area contributed by atoms with Crippen molar-refractivity contribution in [2.75, 3.05) is 11.5 Å². The Morgan fingerprint density at radius 2 is 2.50 bits per heavy atom. The first-order valence-corrected chi connectivity index (χ1v) is 7.03. The van der Waals surface area contributed by atoms with Crippen LogP contribution in [0.1, 0.15) is 12.5 Å². The van der Waals surface area contributed by atoms with E-state index in [4.69, 9.17) is 23.8 Å². The summed E-state index contributed by atoms with van der Waals surface area (Å²) in [5.41, 5.74) is 1.84. The summed E-state index contributed by atoms with van der Waals surface area (Å²) in [5, 5.41) is 0.636. The lowest BCUT2D eigenvalue weighted by atomic mass is 10.2. The number of rotatable bonds is 1. The molecule has 1 aliphatic rings. The van der Waals surface area contributed by atoms with Crippen LogP contribution in [0.5, 0.6) is 0 Å². The summed E-state index contributed by atoms with van der Waals surface area (Å²) < 4.78 is 2.87. The minimum atomic E-state index is 0.472. The lowest BCUT2D eigenvalue weighted by Gasteiger charge is -2.10. The van der Waals surface area contributed by atoms with Gasteiger partial charge < -0.3 is 4.98 Å². The highest BCUT2D eigenvalue weighted by Crippen LogP contribution is 2.30. The number of H-pyrrole nitrogens is 1. The highest BCUT2D eigenvalue weighted by atomic mass is 35.5. The van der Waals surface area contributed by atoms with E-state index in [1.54, 1.807) is 6.20 Å². The molecule has 2 aromatic rings. The maximum Gasteiger partial charge on any atom is 0.179 e. The van der Waals surface area contributed by atoms with E-state index in [2.05, 4.69) is 14.5 Å². The molecule has 3 rings (SSSR count). The number of aromatic amines is 1. The highest BCUT2D eigenvalue weighted by Gasteiger charge is 2.20. The van der Waals surface area contributed by atoms with Crippen LogP contribution in [0.25, 0.3) is 11.2 Å². The monoisotopic (exact) mass is 271 g/mol. The number of aromatic nitrogens is 3. The first-order chi connectivity index (χ1) is 7.75. The van der Waals surface area contributed by atoms with Gasteiger partial charge in [-0.25, -0.2) is 4.98 Å². The lowest BCUT2D eigenvalue weighted by Crippen LogP contribution is -2.08. The fourth-order valence-electron chi connectivity index (χ4n) is 2.05. The Kier molecular flexibility index (Phi) is 2.69. The number of hydrogen-bond acceptors (Lipinski definition) is 3. The molecule has 84 valence electrons. The van der Waals surface area contributed by atoms with Crippen LogP contribution in [-0.4, -0.2) is 26.0 Å². The second kappa shape index (κ2) is 4.05.